The number of esters is 2. The fraction of sp³-hybridized carbons (Fsp3) is 0.807. The molecule has 0 aliphatic heterocycles. The molecule has 0 aliphatic rings. The third-order valence-electron chi connectivity index (χ3n) is 13.0. The number of carboxylic acids is 4. The van der Waals surface area contributed by atoms with Crippen molar-refractivity contribution in [1.29, 1.82) is 0 Å². The summed E-state index contributed by atoms with van der Waals surface area (Å²) in [6, 6.07) is 0. The minimum absolute atomic E-state index is 0.0114. The second-order valence-corrected chi connectivity index (χ2v) is 20.3. The van der Waals surface area contributed by atoms with Crippen molar-refractivity contribution in [1.82, 2.24) is 24.5 Å². The highest BCUT2D eigenvalue weighted by atomic mass is 16.6. The highest BCUT2D eigenvalue weighted by Gasteiger charge is 2.22. The number of hydrogen-bond acceptors (Lipinski definition) is 13. The summed E-state index contributed by atoms with van der Waals surface area (Å²) < 4.78 is 11.6. The number of unbranched alkanes of at least 4 members (excludes halogenated alkanes) is 21. The molecule has 0 aromatic heterocycles. The lowest BCUT2D eigenvalue weighted by atomic mass is 10.1. The molecule has 0 heterocycles. The SMILES string of the molecule is CCCCCC/C=C/CCCCCCCC(=O)OCC(CN(C)CCCCCCN(C)C(=O)CN(CCN(CCN(CC(=O)O)CC(=O)O)CC(=O)O)CC(=O)O)OC(=O)CCCCCCC/C=C/CCCCCC. The highest BCUT2D eigenvalue weighted by Crippen LogP contribution is 2.13. The molecule has 0 aliphatic carbocycles. The zero-order valence-corrected chi connectivity index (χ0v) is 47.1. The van der Waals surface area contributed by atoms with Gasteiger partial charge in [-0.2, -0.15) is 0 Å². The Kier molecular flexibility index (Phi) is 46.3. The van der Waals surface area contributed by atoms with E-state index in [0.717, 1.165) is 114 Å². The predicted octanol–water partition coefficient (Wildman–Crippen LogP) is 9.15. The lowest BCUT2D eigenvalue weighted by Crippen LogP contribution is -2.46. The van der Waals surface area contributed by atoms with Crippen LogP contribution < -0.4 is 0 Å². The van der Waals surface area contributed by atoms with Gasteiger partial charge in [-0.1, -0.05) is 128 Å². The van der Waals surface area contributed by atoms with Crippen molar-refractivity contribution in [3.8, 4) is 0 Å². The van der Waals surface area contributed by atoms with E-state index in [1.54, 1.807) is 7.05 Å². The molecular formula is C57H103N5O13. The van der Waals surface area contributed by atoms with Gasteiger partial charge < -0.3 is 39.7 Å². The van der Waals surface area contributed by atoms with E-state index >= 15 is 0 Å². The molecule has 0 aromatic carbocycles. The van der Waals surface area contributed by atoms with Gasteiger partial charge in [0.1, 0.15) is 12.7 Å². The van der Waals surface area contributed by atoms with Crippen LogP contribution in [-0.2, 0) is 43.0 Å². The van der Waals surface area contributed by atoms with Gasteiger partial charge in [0.2, 0.25) is 5.91 Å². The molecule has 0 bridgehead atoms. The number of allylic oxidation sites excluding steroid dienone is 4. The number of aliphatic carboxylic acids is 4. The van der Waals surface area contributed by atoms with E-state index in [2.05, 4.69) is 43.1 Å². The summed E-state index contributed by atoms with van der Waals surface area (Å²) in [5.41, 5.74) is 0. The van der Waals surface area contributed by atoms with Crippen molar-refractivity contribution in [2.75, 3.05) is 99.2 Å². The number of amides is 1. The van der Waals surface area contributed by atoms with Crippen LogP contribution in [-0.4, -0.2) is 192 Å². The van der Waals surface area contributed by atoms with Crippen LogP contribution in [0.3, 0.4) is 0 Å². The van der Waals surface area contributed by atoms with Gasteiger partial charge >= 0.3 is 35.8 Å². The molecule has 0 radical (unpaired) electrons. The van der Waals surface area contributed by atoms with Crippen molar-refractivity contribution in [3.05, 3.63) is 24.3 Å². The van der Waals surface area contributed by atoms with Crippen LogP contribution in [0.5, 0.6) is 0 Å². The van der Waals surface area contributed by atoms with E-state index in [9.17, 15) is 43.8 Å². The Morgan fingerprint density at radius 3 is 1.23 bits per heavy atom. The summed E-state index contributed by atoms with van der Waals surface area (Å²) >= 11 is 0. The first-order valence-electron chi connectivity index (χ1n) is 28.7. The van der Waals surface area contributed by atoms with Gasteiger partial charge in [-0.15, -0.1) is 0 Å². The Balaban J connectivity index is 5.00. The largest absolute Gasteiger partial charge is 0.480 e. The minimum atomic E-state index is -1.23. The first-order chi connectivity index (χ1) is 36.1. The molecule has 434 valence electrons. The second kappa shape index (κ2) is 49.2. The number of hydrogen-bond donors (Lipinski definition) is 4. The summed E-state index contributed by atoms with van der Waals surface area (Å²) in [6.07, 6.45) is 37.6. The maximum absolute atomic E-state index is 13.2. The van der Waals surface area contributed by atoms with Gasteiger partial charge in [0.05, 0.1) is 32.7 Å². The maximum atomic E-state index is 13.2. The normalized spacial score (nSPS) is 12.2. The standard InChI is InChI=1S/C57H103N5O13/c1-5-7-9-11-13-15-17-19-21-23-25-27-31-35-56(72)74-49-50(75-57(73)36-32-28-26-24-22-20-18-16-14-12-10-8-6-2)43-58(3)37-33-29-30-34-38-59(4)51(63)44-61(46-53(66)67)41-39-60(45-52(64)65)40-42-62(47-54(68)69)48-55(70)71/h15-18,50H,5-14,19-49H2,1-4H3,(H,64,65)(H,66,67)(H,68,69)(H,70,71)/b17-15+,18-16+. The van der Waals surface area contributed by atoms with Crippen molar-refractivity contribution in [2.45, 2.75) is 200 Å². The number of likely N-dealkylation sites (N-methyl/N-ethyl adjacent to an activating group) is 2. The molecule has 0 spiro atoms. The molecule has 0 aromatic rings. The van der Waals surface area contributed by atoms with Crippen LogP contribution in [0, 0.1) is 0 Å². The topological polar surface area (TPSA) is 235 Å². The fourth-order valence-corrected chi connectivity index (χ4v) is 8.59. The maximum Gasteiger partial charge on any atom is 0.317 e. The average molecular weight is 1070 g/mol. The van der Waals surface area contributed by atoms with Crippen LogP contribution in [0.4, 0.5) is 0 Å². The van der Waals surface area contributed by atoms with E-state index in [1.165, 1.54) is 72.5 Å². The number of nitrogens with zero attached hydrogens (tertiary/aromatic N) is 5. The Hall–Kier alpha value is -4.39. The van der Waals surface area contributed by atoms with Crippen LogP contribution in [0.25, 0.3) is 0 Å². The van der Waals surface area contributed by atoms with E-state index in [4.69, 9.17) is 19.7 Å². The minimum Gasteiger partial charge on any atom is -0.480 e. The molecule has 0 saturated heterocycles. The molecule has 0 saturated carbocycles. The van der Waals surface area contributed by atoms with Crippen molar-refractivity contribution >= 4 is 41.7 Å². The second-order valence-electron chi connectivity index (χ2n) is 20.3. The Bertz CT molecular complexity index is 1560. The molecule has 1 atom stereocenters. The Labute approximate surface area is 451 Å². The number of carboxylic acid groups (broad SMARTS) is 4. The number of ether oxygens (including phenoxy) is 2. The molecular weight excluding hydrogens is 963 g/mol. The van der Waals surface area contributed by atoms with Gasteiger partial charge in [0, 0.05) is 59.2 Å². The summed E-state index contributed by atoms with van der Waals surface area (Å²) in [7, 11) is 3.60. The van der Waals surface area contributed by atoms with Gasteiger partial charge in [0.15, 0.2) is 0 Å². The van der Waals surface area contributed by atoms with Crippen molar-refractivity contribution in [3.63, 3.8) is 0 Å². The summed E-state index contributed by atoms with van der Waals surface area (Å²) in [5.74, 6) is -5.65. The van der Waals surface area contributed by atoms with Crippen LogP contribution >= 0.6 is 0 Å². The zero-order chi connectivity index (χ0) is 55.7. The molecule has 1 unspecified atom stereocenters. The van der Waals surface area contributed by atoms with Crippen LogP contribution in [0.1, 0.15) is 194 Å². The monoisotopic (exact) mass is 1070 g/mol. The van der Waals surface area contributed by atoms with Crippen molar-refractivity contribution < 1.29 is 63.5 Å². The summed E-state index contributed by atoms with van der Waals surface area (Å²) in [4.78, 5) is 92.2. The number of carbonyl (C=O) groups is 7. The number of carbonyl (C=O) groups excluding carboxylic acids is 3. The van der Waals surface area contributed by atoms with Gasteiger partial charge in [-0.25, -0.2) is 0 Å². The fourth-order valence-electron chi connectivity index (χ4n) is 8.59. The van der Waals surface area contributed by atoms with Gasteiger partial charge in [0.25, 0.3) is 0 Å². The smallest absolute Gasteiger partial charge is 0.317 e. The lowest BCUT2D eigenvalue weighted by molar-refractivity contribution is -0.160. The summed E-state index contributed by atoms with van der Waals surface area (Å²) in [5, 5.41) is 37.2. The van der Waals surface area contributed by atoms with E-state index < -0.39 is 56.2 Å². The van der Waals surface area contributed by atoms with Gasteiger partial charge in [-0.3, -0.25) is 48.3 Å². The molecule has 0 fully saturated rings. The molecule has 75 heavy (non-hydrogen) atoms. The first-order valence-corrected chi connectivity index (χ1v) is 28.7. The molecule has 1 amide bonds. The highest BCUT2D eigenvalue weighted by molar-refractivity contribution is 5.79. The Morgan fingerprint density at radius 1 is 0.413 bits per heavy atom. The molecule has 0 rings (SSSR count). The zero-order valence-electron chi connectivity index (χ0n) is 47.1. The molecule has 4 N–H and O–H groups in total. The van der Waals surface area contributed by atoms with E-state index in [-0.39, 0.29) is 57.2 Å². The lowest BCUT2D eigenvalue weighted by Gasteiger charge is -2.28. The third-order valence-corrected chi connectivity index (χ3v) is 13.0. The quantitative estimate of drug-likeness (QED) is 0.0252. The molecule has 18 heteroatoms. The van der Waals surface area contributed by atoms with E-state index in [1.807, 2.05) is 7.05 Å². The van der Waals surface area contributed by atoms with E-state index in [0.29, 0.717) is 32.4 Å². The predicted molar refractivity (Wildman–Crippen MR) is 295 cm³/mol. The van der Waals surface area contributed by atoms with Gasteiger partial charge in [-0.05, 0) is 90.6 Å². The van der Waals surface area contributed by atoms with Crippen molar-refractivity contribution in [2.24, 2.45) is 0 Å². The third kappa shape index (κ3) is 47.8. The molecule has 18 nitrogen and oxygen atoms in total. The van der Waals surface area contributed by atoms with Crippen LogP contribution in [0.2, 0.25) is 0 Å². The first kappa shape index (κ1) is 70.6. The Morgan fingerprint density at radius 2 is 0.773 bits per heavy atom. The van der Waals surface area contributed by atoms with Crippen LogP contribution in [0.15, 0.2) is 24.3 Å². The summed E-state index contributed by atoms with van der Waals surface area (Å²) in [6.45, 7) is 3.88. The number of rotatable bonds is 54. The average Bonchev–Trinajstić information content (AvgIpc) is 3.34.